The lowest BCUT2D eigenvalue weighted by Crippen LogP contribution is -2.44. The Morgan fingerprint density at radius 3 is 2.46 bits per heavy atom. The molecule has 0 aliphatic carbocycles. The number of hydrogen-bond acceptors (Lipinski definition) is 5. The number of urea groups is 1. The van der Waals surface area contributed by atoms with Crippen molar-refractivity contribution >= 4 is 29.5 Å². The van der Waals surface area contributed by atoms with E-state index < -0.39 is 42.5 Å². The zero-order valence-electron chi connectivity index (χ0n) is 16.7. The van der Waals surface area contributed by atoms with Gasteiger partial charge in [0.1, 0.15) is 12.1 Å². The predicted octanol–water partition coefficient (Wildman–Crippen LogP) is 2.22. The Bertz CT molecular complexity index is 760. The summed E-state index contributed by atoms with van der Waals surface area (Å²) in [7, 11) is 0. The van der Waals surface area contributed by atoms with E-state index in [1.165, 1.54) is 0 Å². The number of anilines is 1. The molecule has 1 atom stereocenters. The van der Waals surface area contributed by atoms with Crippen LogP contribution in [-0.2, 0) is 19.1 Å². The lowest BCUT2D eigenvalue weighted by molar-refractivity contribution is -0.150. The molecule has 0 unspecified atom stereocenters. The molecule has 4 amide bonds. The molecule has 8 heteroatoms. The Hall–Kier alpha value is -2.90. The molecule has 1 saturated heterocycles. The lowest BCUT2D eigenvalue weighted by Gasteiger charge is -2.22. The largest absolute Gasteiger partial charge is 0.454 e. The minimum Gasteiger partial charge on any atom is -0.454 e. The van der Waals surface area contributed by atoms with Crippen molar-refractivity contribution in [2.75, 3.05) is 18.5 Å². The monoisotopic (exact) mass is 389 g/mol. The van der Waals surface area contributed by atoms with E-state index in [2.05, 4.69) is 10.6 Å². The summed E-state index contributed by atoms with van der Waals surface area (Å²) in [5, 5.41) is 5.24. The van der Waals surface area contributed by atoms with Gasteiger partial charge in [-0.3, -0.25) is 19.3 Å². The molecule has 2 rings (SSSR count). The molecule has 1 heterocycles. The summed E-state index contributed by atoms with van der Waals surface area (Å²) in [5.41, 5.74) is 0.616. The molecule has 1 aromatic rings. The van der Waals surface area contributed by atoms with Gasteiger partial charge >= 0.3 is 12.0 Å². The highest BCUT2D eigenvalue weighted by molar-refractivity contribution is 6.08. The normalized spacial score (nSPS) is 19.0. The third kappa shape index (κ3) is 5.55. The summed E-state index contributed by atoms with van der Waals surface area (Å²) < 4.78 is 4.90. The van der Waals surface area contributed by atoms with Crippen molar-refractivity contribution in [1.82, 2.24) is 10.2 Å². The quantitative estimate of drug-likeness (QED) is 0.524. The third-order valence-electron chi connectivity index (χ3n) is 4.55. The van der Waals surface area contributed by atoms with Crippen LogP contribution in [0.15, 0.2) is 24.3 Å². The molecule has 0 radical (unpaired) electrons. The minimum absolute atomic E-state index is 0.382. The Morgan fingerprint density at radius 2 is 1.86 bits per heavy atom. The molecule has 1 fully saturated rings. The summed E-state index contributed by atoms with van der Waals surface area (Å²) in [4.78, 5) is 49.3. The number of amides is 4. The van der Waals surface area contributed by atoms with Gasteiger partial charge in [0.2, 0.25) is 0 Å². The van der Waals surface area contributed by atoms with Crippen LogP contribution in [-0.4, -0.2) is 47.4 Å². The second kappa shape index (κ2) is 8.86. The van der Waals surface area contributed by atoms with Gasteiger partial charge < -0.3 is 15.4 Å². The van der Waals surface area contributed by atoms with E-state index in [1.807, 2.05) is 32.9 Å². The maximum absolute atomic E-state index is 12.5. The van der Waals surface area contributed by atoms with Crippen molar-refractivity contribution < 1.29 is 23.9 Å². The van der Waals surface area contributed by atoms with Crippen molar-refractivity contribution in [2.24, 2.45) is 5.92 Å². The summed E-state index contributed by atoms with van der Waals surface area (Å²) in [6, 6.07) is 6.53. The van der Waals surface area contributed by atoms with Gasteiger partial charge in [-0.25, -0.2) is 4.79 Å². The van der Waals surface area contributed by atoms with Crippen LogP contribution in [0.25, 0.3) is 0 Å². The number of esters is 1. The lowest BCUT2D eigenvalue weighted by atomic mass is 9.92. The first kappa shape index (κ1) is 21.4. The van der Waals surface area contributed by atoms with Crippen molar-refractivity contribution in [1.29, 1.82) is 0 Å². The Kier molecular flexibility index (Phi) is 6.77. The topological polar surface area (TPSA) is 105 Å². The van der Waals surface area contributed by atoms with Crippen LogP contribution in [0.1, 0.15) is 39.2 Å². The molecule has 0 bridgehead atoms. The van der Waals surface area contributed by atoms with E-state index in [4.69, 9.17) is 4.74 Å². The highest BCUT2D eigenvalue weighted by atomic mass is 16.5. The van der Waals surface area contributed by atoms with Gasteiger partial charge in [-0.2, -0.15) is 0 Å². The molecule has 152 valence electrons. The smallest absolute Gasteiger partial charge is 0.326 e. The molecule has 0 aromatic heterocycles. The number of benzene rings is 1. The fourth-order valence-electron chi connectivity index (χ4n) is 2.79. The van der Waals surface area contributed by atoms with E-state index >= 15 is 0 Å². The van der Waals surface area contributed by atoms with Crippen molar-refractivity contribution in [2.45, 2.75) is 46.1 Å². The van der Waals surface area contributed by atoms with Gasteiger partial charge in [0.05, 0.1) is 0 Å². The number of nitrogens with one attached hydrogen (secondary N) is 2. The second-order valence-electron chi connectivity index (χ2n) is 7.66. The fourth-order valence-corrected chi connectivity index (χ4v) is 2.79. The number of nitrogens with zero attached hydrogens (tertiary/aromatic N) is 1. The van der Waals surface area contributed by atoms with Crippen LogP contribution >= 0.6 is 0 Å². The van der Waals surface area contributed by atoms with Crippen molar-refractivity contribution in [3.05, 3.63) is 29.8 Å². The molecule has 8 nitrogen and oxygen atoms in total. The summed E-state index contributed by atoms with van der Waals surface area (Å²) in [6.07, 6.45) is 1.25. The third-order valence-corrected chi connectivity index (χ3v) is 4.55. The maximum atomic E-state index is 12.5. The fraction of sp³-hybridized carbons (Fsp3) is 0.500. The highest BCUT2D eigenvalue weighted by Gasteiger charge is 2.48. The molecular weight excluding hydrogens is 362 g/mol. The van der Waals surface area contributed by atoms with E-state index in [0.717, 1.165) is 16.9 Å². The van der Waals surface area contributed by atoms with E-state index in [0.29, 0.717) is 18.0 Å². The number of imide groups is 1. The zero-order chi connectivity index (χ0) is 20.9. The number of aryl methyl sites for hydroxylation is 1. The van der Waals surface area contributed by atoms with E-state index in [-0.39, 0.29) is 0 Å². The molecule has 0 spiro atoms. The Morgan fingerprint density at radius 1 is 1.21 bits per heavy atom. The number of hydrogen-bond donors (Lipinski definition) is 2. The standard InChI is InChI=1S/C20H27N3O5/c1-13(2)9-10-20(4)18(26)23(19(27)22-20)11-17(25)28-12-16(24)21-15-7-5-14(3)6-8-15/h5-8,13H,9-12H2,1-4H3,(H,21,24)(H,22,27)/t20-/m0/s1. The van der Waals surface area contributed by atoms with Gasteiger partial charge in [0.25, 0.3) is 11.8 Å². The van der Waals surface area contributed by atoms with Crippen molar-refractivity contribution in [3.63, 3.8) is 0 Å². The highest BCUT2D eigenvalue weighted by Crippen LogP contribution is 2.24. The van der Waals surface area contributed by atoms with Crippen molar-refractivity contribution in [3.8, 4) is 0 Å². The van der Waals surface area contributed by atoms with Crippen LogP contribution < -0.4 is 10.6 Å². The molecular formula is C20H27N3O5. The zero-order valence-corrected chi connectivity index (χ0v) is 16.7. The molecule has 2 N–H and O–H groups in total. The number of carbonyl (C=O) groups is 4. The van der Waals surface area contributed by atoms with Crippen LogP contribution in [0.2, 0.25) is 0 Å². The molecule has 0 saturated carbocycles. The van der Waals surface area contributed by atoms with Gasteiger partial charge in [-0.1, -0.05) is 31.5 Å². The average Bonchev–Trinajstić information content (AvgIpc) is 2.84. The van der Waals surface area contributed by atoms with Crippen LogP contribution in [0.4, 0.5) is 10.5 Å². The Balaban J connectivity index is 1.83. The van der Waals surface area contributed by atoms with Gasteiger partial charge in [-0.05, 0) is 44.7 Å². The van der Waals surface area contributed by atoms with Crippen LogP contribution in [0, 0.1) is 12.8 Å². The Labute approximate surface area is 164 Å². The average molecular weight is 389 g/mol. The van der Waals surface area contributed by atoms with Gasteiger partial charge in [-0.15, -0.1) is 0 Å². The molecule has 1 aliphatic rings. The first-order valence-electron chi connectivity index (χ1n) is 9.27. The van der Waals surface area contributed by atoms with Gasteiger partial charge in [0, 0.05) is 5.69 Å². The molecule has 28 heavy (non-hydrogen) atoms. The van der Waals surface area contributed by atoms with E-state index in [9.17, 15) is 19.2 Å². The summed E-state index contributed by atoms with van der Waals surface area (Å²) >= 11 is 0. The van der Waals surface area contributed by atoms with E-state index in [1.54, 1.807) is 19.1 Å². The first-order valence-corrected chi connectivity index (χ1v) is 9.27. The molecule has 1 aliphatic heterocycles. The number of ether oxygens (including phenoxy) is 1. The second-order valence-corrected chi connectivity index (χ2v) is 7.66. The first-order chi connectivity index (χ1) is 13.1. The predicted molar refractivity (Wildman–Crippen MR) is 103 cm³/mol. The van der Waals surface area contributed by atoms with Crippen LogP contribution in [0.5, 0.6) is 0 Å². The summed E-state index contributed by atoms with van der Waals surface area (Å²) in [5.74, 6) is -1.40. The summed E-state index contributed by atoms with van der Waals surface area (Å²) in [6.45, 7) is 6.61. The maximum Gasteiger partial charge on any atom is 0.326 e. The van der Waals surface area contributed by atoms with Gasteiger partial charge in [0.15, 0.2) is 6.61 Å². The number of carbonyl (C=O) groups excluding carboxylic acids is 4. The molecule has 1 aromatic carbocycles. The number of rotatable bonds is 8. The van der Waals surface area contributed by atoms with Crippen LogP contribution in [0.3, 0.4) is 0 Å². The SMILES string of the molecule is Cc1ccc(NC(=O)COC(=O)CN2C(=O)N[C@@](C)(CCC(C)C)C2=O)cc1. The minimum atomic E-state index is -1.02.